The van der Waals surface area contributed by atoms with Crippen LogP contribution in [-0.2, 0) is 4.79 Å². The van der Waals surface area contributed by atoms with Crippen LogP contribution in [0.4, 0.5) is 17.1 Å². The number of benzene rings is 2. The van der Waals surface area contributed by atoms with Crippen LogP contribution in [0.3, 0.4) is 0 Å². The van der Waals surface area contributed by atoms with Crippen LogP contribution < -0.4 is 16.4 Å². The van der Waals surface area contributed by atoms with Crippen molar-refractivity contribution in [2.45, 2.75) is 18.4 Å². The number of amides is 2. The van der Waals surface area contributed by atoms with Gasteiger partial charge in [-0.3, -0.25) is 14.6 Å². The second-order valence-corrected chi connectivity index (χ2v) is 7.67. The molecule has 31 heavy (non-hydrogen) atoms. The molecule has 1 aliphatic heterocycles. The molecular weight excluding hydrogens is 390 g/mol. The lowest BCUT2D eigenvalue weighted by Crippen LogP contribution is -2.57. The minimum atomic E-state index is -0.851. The largest absolute Gasteiger partial charge is 0.371 e. The first-order valence-corrected chi connectivity index (χ1v) is 10.3. The van der Waals surface area contributed by atoms with Crippen LogP contribution in [0.5, 0.6) is 0 Å². The maximum Gasteiger partial charge on any atom is 0.253 e. The lowest BCUT2D eigenvalue weighted by Gasteiger charge is -2.40. The first kappa shape index (κ1) is 20.4. The van der Waals surface area contributed by atoms with Crippen molar-refractivity contribution in [3.05, 3.63) is 84.7 Å². The normalized spacial score (nSPS) is 15.2. The zero-order chi connectivity index (χ0) is 21.7. The van der Waals surface area contributed by atoms with E-state index in [0.717, 1.165) is 17.1 Å². The Bertz CT molecular complexity index is 1030. The summed E-state index contributed by atoms with van der Waals surface area (Å²) in [6.07, 6.45) is 4.36. The second-order valence-electron chi connectivity index (χ2n) is 7.67. The van der Waals surface area contributed by atoms with Crippen LogP contribution in [0.25, 0.3) is 0 Å². The maximum atomic E-state index is 13.0. The molecule has 3 aromatic rings. The smallest absolute Gasteiger partial charge is 0.253 e. The zero-order valence-electron chi connectivity index (χ0n) is 17.1. The fraction of sp³-hybridized carbons (Fsp3) is 0.208. The fourth-order valence-electron chi connectivity index (χ4n) is 3.80. The van der Waals surface area contributed by atoms with Gasteiger partial charge in [0.25, 0.3) is 5.91 Å². The number of nitrogens with zero attached hydrogens (tertiary/aromatic N) is 2. The fourth-order valence-corrected chi connectivity index (χ4v) is 3.80. The number of nitrogens with one attached hydrogen (secondary N) is 2. The summed E-state index contributed by atoms with van der Waals surface area (Å²) in [6, 6.07) is 20.7. The van der Waals surface area contributed by atoms with Crippen molar-refractivity contribution >= 4 is 28.9 Å². The highest BCUT2D eigenvalue weighted by molar-refractivity contribution is 5.95. The van der Waals surface area contributed by atoms with Crippen molar-refractivity contribution in [1.29, 1.82) is 0 Å². The summed E-state index contributed by atoms with van der Waals surface area (Å²) in [7, 11) is 0. The Hall–Kier alpha value is -3.87. The Morgan fingerprint density at radius 3 is 2.06 bits per heavy atom. The Kier molecular flexibility index (Phi) is 5.84. The molecule has 1 aromatic heterocycles. The summed E-state index contributed by atoms with van der Waals surface area (Å²) in [4.78, 5) is 31.0. The quantitative estimate of drug-likeness (QED) is 0.573. The van der Waals surface area contributed by atoms with Gasteiger partial charge in [-0.1, -0.05) is 18.2 Å². The van der Waals surface area contributed by atoms with E-state index in [1.54, 1.807) is 17.3 Å². The van der Waals surface area contributed by atoms with Gasteiger partial charge in [0.05, 0.1) is 0 Å². The molecule has 0 atom stereocenters. The monoisotopic (exact) mass is 415 g/mol. The highest BCUT2D eigenvalue weighted by Crippen LogP contribution is 2.28. The highest BCUT2D eigenvalue weighted by atomic mass is 16.2. The number of anilines is 3. The molecule has 4 rings (SSSR count). The van der Waals surface area contributed by atoms with E-state index in [1.165, 1.54) is 0 Å². The number of hydrogen-bond acceptors (Lipinski definition) is 5. The van der Waals surface area contributed by atoms with Crippen LogP contribution >= 0.6 is 0 Å². The van der Waals surface area contributed by atoms with Gasteiger partial charge in [0.15, 0.2) is 0 Å². The number of para-hydroxylation sites is 1. The lowest BCUT2D eigenvalue weighted by molar-refractivity contribution is -0.123. The summed E-state index contributed by atoms with van der Waals surface area (Å²) >= 11 is 0. The summed E-state index contributed by atoms with van der Waals surface area (Å²) in [5, 5.41) is 6.57. The molecule has 0 saturated carbocycles. The number of hydrogen-bond donors (Lipinski definition) is 3. The molecule has 1 aliphatic rings. The highest BCUT2D eigenvalue weighted by Gasteiger charge is 2.41. The summed E-state index contributed by atoms with van der Waals surface area (Å²) in [5.41, 5.74) is 8.18. The van der Waals surface area contributed by atoms with Gasteiger partial charge < -0.3 is 21.3 Å². The third kappa shape index (κ3) is 4.66. The van der Waals surface area contributed by atoms with Crippen molar-refractivity contribution in [3.8, 4) is 0 Å². The van der Waals surface area contributed by atoms with E-state index in [1.807, 2.05) is 66.7 Å². The first-order valence-electron chi connectivity index (χ1n) is 10.3. The third-order valence-corrected chi connectivity index (χ3v) is 5.63. The first-order chi connectivity index (χ1) is 15.1. The molecule has 1 saturated heterocycles. The third-order valence-electron chi connectivity index (χ3n) is 5.63. The number of piperidine rings is 1. The Morgan fingerprint density at radius 1 is 0.839 bits per heavy atom. The van der Waals surface area contributed by atoms with Crippen molar-refractivity contribution in [2.75, 3.05) is 23.7 Å². The van der Waals surface area contributed by atoms with Crippen molar-refractivity contribution in [3.63, 3.8) is 0 Å². The van der Waals surface area contributed by atoms with Gasteiger partial charge in [0, 0.05) is 48.1 Å². The minimum Gasteiger partial charge on any atom is -0.371 e. The van der Waals surface area contributed by atoms with Crippen LogP contribution in [0.1, 0.15) is 23.2 Å². The number of aromatic nitrogens is 1. The molecule has 2 aromatic carbocycles. The average molecular weight is 415 g/mol. The van der Waals surface area contributed by atoms with E-state index in [9.17, 15) is 9.59 Å². The maximum absolute atomic E-state index is 13.0. The number of carbonyl (C=O) groups excluding carboxylic acids is 2. The van der Waals surface area contributed by atoms with Crippen molar-refractivity contribution in [1.82, 2.24) is 9.88 Å². The van der Waals surface area contributed by atoms with E-state index in [2.05, 4.69) is 15.6 Å². The molecule has 158 valence electrons. The Balaban J connectivity index is 1.39. The molecule has 2 amide bonds. The van der Waals surface area contributed by atoms with E-state index in [4.69, 9.17) is 5.73 Å². The molecule has 0 aliphatic carbocycles. The van der Waals surface area contributed by atoms with Gasteiger partial charge in [0.2, 0.25) is 5.91 Å². The molecule has 4 N–H and O–H groups in total. The van der Waals surface area contributed by atoms with Crippen LogP contribution in [0.15, 0.2) is 79.1 Å². The van der Waals surface area contributed by atoms with Crippen LogP contribution in [0.2, 0.25) is 0 Å². The lowest BCUT2D eigenvalue weighted by atomic mass is 9.86. The van der Waals surface area contributed by atoms with Crippen LogP contribution in [-0.4, -0.2) is 40.3 Å². The number of rotatable bonds is 6. The Morgan fingerprint density at radius 2 is 1.45 bits per heavy atom. The number of pyridine rings is 1. The predicted molar refractivity (Wildman–Crippen MR) is 121 cm³/mol. The van der Waals surface area contributed by atoms with Gasteiger partial charge >= 0.3 is 0 Å². The number of likely N-dealkylation sites (tertiary alicyclic amines) is 1. The second kappa shape index (κ2) is 8.87. The summed E-state index contributed by atoms with van der Waals surface area (Å²) < 4.78 is 0. The van der Waals surface area contributed by atoms with Gasteiger partial charge in [-0.05, 0) is 61.4 Å². The predicted octanol–water partition coefficient (Wildman–Crippen LogP) is 3.40. The minimum absolute atomic E-state index is 0.0479. The SMILES string of the molecule is NC(=O)C1(Nc2ccccc2)CCN(C(=O)c2ccc(Nc3ccncc3)cc2)CC1. The molecule has 2 heterocycles. The average Bonchev–Trinajstić information content (AvgIpc) is 2.81. The summed E-state index contributed by atoms with van der Waals surface area (Å²) in [6.45, 7) is 0.914. The number of nitrogens with two attached hydrogens (primary N) is 1. The van der Waals surface area contributed by atoms with Gasteiger partial charge in [-0.25, -0.2) is 0 Å². The molecule has 0 spiro atoms. The molecule has 7 nitrogen and oxygen atoms in total. The standard InChI is InChI=1S/C24H25N5O2/c25-23(31)24(28-21-4-2-1-3-5-21)12-16-29(17-13-24)22(30)18-6-8-19(9-7-18)27-20-10-14-26-15-11-20/h1-11,14-15,28H,12-13,16-17H2,(H2,25,31)(H,26,27). The molecule has 0 bridgehead atoms. The number of primary amides is 1. The van der Waals surface area contributed by atoms with E-state index < -0.39 is 11.4 Å². The number of carbonyl (C=O) groups is 2. The summed E-state index contributed by atoms with van der Waals surface area (Å²) in [5.74, 6) is -0.441. The van der Waals surface area contributed by atoms with Gasteiger partial charge in [0.1, 0.15) is 5.54 Å². The van der Waals surface area contributed by atoms with Crippen molar-refractivity contribution in [2.24, 2.45) is 5.73 Å². The van der Waals surface area contributed by atoms with Gasteiger partial charge in [-0.15, -0.1) is 0 Å². The Labute approximate surface area is 181 Å². The van der Waals surface area contributed by atoms with Gasteiger partial charge in [-0.2, -0.15) is 0 Å². The topological polar surface area (TPSA) is 100 Å². The van der Waals surface area contributed by atoms with Crippen molar-refractivity contribution < 1.29 is 9.59 Å². The molecule has 7 heteroatoms. The molecule has 1 fully saturated rings. The zero-order valence-corrected chi connectivity index (χ0v) is 17.1. The van der Waals surface area contributed by atoms with Crippen LogP contribution in [0, 0.1) is 0 Å². The van der Waals surface area contributed by atoms with E-state index in [-0.39, 0.29) is 5.91 Å². The van der Waals surface area contributed by atoms with E-state index >= 15 is 0 Å². The molecule has 0 radical (unpaired) electrons. The van der Waals surface area contributed by atoms with E-state index in [0.29, 0.717) is 31.5 Å². The molecule has 0 unspecified atom stereocenters. The molecular formula is C24H25N5O2.